The number of nitrogens with zero attached hydrogens (tertiary/aromatic N) is 1. The van der Waals surface area contributed by atoms with Crippen LogP contribution in [-0.2, 0) is 14.3 Å². The van der Waals surface area contributed by atoms with E-state index >= 15 is 0 Å². The molecule has 7 heteroatoms. The second kappa shape index (κ2) is 9.19. The monoisotopic (exact) mass is 297 g/mol. The molecule has 1 heterocycles. The highest BCUT2D eigenvalue weighted by Gasteiger charge is 2.06. The number of hydrogen-bond acceptors (Lipinski definition) is 6. The smallest absolute Gasteiger partial charge is 0.305 e. The van der Waals surface area contributed by atoms with Gasteiger partial charge in [0.2, 0.25) is 5.91 Å². The first kappa shape index (κ1) is 16.3. The Kier molecular flexibility index (Phi) is 7.49. The molecule has 1 aromatic heterocycles. The van der Waals surface area contributed by atoms with Gasteiger partial charge in [0.05, 0.1) is 24.2 Å². The highest BCUT2D eigenvalue weighted by Crippen LogP contribution is 2.22. The van der Waals surface area contributed by atoms with Crippen LogP contribution in [0.2, 0.25) is 0 Å². The van der Waals surface area contributed by atoms with Crippen LogP contribution in [0, 0.1) is 0 Å². The number of thioether (sulfide) groups is 1. The predicted molar refractivity (Wildman–Crippen MR) is 78.3 cm³/mol. The summed E-state index contributed by atoms with van der Waals surface area (Å²) in [7, 11) is 0. The van der Waals surface area contributed by atoms with Crippen LogP contribution < -0.4 is 11.1 Å². The maximum Gasteiger partial charge on any atom is 0.305 e. The molecule has 1 rings (SSSR count). The van der Waals surface area contributed by atoms with Gasteiger partial charge >= 0.3 is 5.97 Å². The minimum absolute atomic E-state index is 0.0879. The van der Waals surface area contributed by atoms with Crippen molar-refractivity contribution in [1.82, 2.24) is 10.3 Å². The van der Waals surface area contributed by atoms with Gasteiger partial charge in [-0.2, -0.15) is 0 Å². The fourth-order valence-electron chi connectivity index (χ4n) is 1.41. The predicted octanol–water partition coefficient (Wildman–Crippen LogP) is 1.22. The summed E-state index contributed by atoms with van der Waals surface area (Å²) in [6.45, 7) is 2.61. The largest absolute Gasteiger partial charge is 0.466 e. The van der Waals surface area contributed by atoms with E-state index in [0.717, 1.165) is 4.90 Å². The fourth-order valence-corrected chi connectivity index (χ4v) is 2.18. The van der Waals surface area contributed by atoms with Gasteiger partial charge in [0, 0.05) is 24.1 Å². The molecule has 3 N–H and O–H groups in total. The van der Waals surface area contributed by atoms with Gasteiger partial charge in [-0.3, -0.25) is 14.6 Å². The average Bonchev–Trinajstić information content (AvgIpc) is 2.43. The van der Waals surface area contributed by atoms with Crippen LogP contribution in [-0.4, -0.2) is 35.8 Å². The van der Waals surface area contributed by atoms with Crippen molar-refractivity contribution in [2.75, 3.05) is 24.6 Å². The van der Waals surface area contributed by atoms with E-state index in [4.69, 9.17) is 10.5 Å². The summed E-state index contributed by atoms with van der Waals surface area (Å²) in [5.74, 6) is -0.0380. The highest BCUT2D eigenvalue weighted by atomic mass is 32.2. The van der Waals surface area contributed by atoms with E-state index < -0.39 is 0 Å². The van der Waals surface area contributed by atoms with Crippen molar-refractivity contribution in [1.29, 1.82) is 0 Å². The molecule has 0 saturated carbocycles. The van der Waals surface area contributed by atoms with Crippen LogP contribution in [0.15, 0.2) is 23.4 Å². The maximum atomic E-state index is 11.6. The lowest BCUT2D eigenvalue weighted by Crippen LogP contribution is -2.26. The lowest BCUT2D eigenvalue weighted by Gasteiger charge is -2.06. The van der Waals surface area contributed by atoms with Gasteiger partial charge in [0.1, 0.15) is 0 Å². The lowest BCUT2D eigenvalue weighted by atomic mass is 10.3. The normalized spacial score (nSPS) is 10.1. The first-order valence-corrected chi connectivity index (χ1v) is 7.36. The third-order valence-electron chi connectivity index (χ3n) is 2.35. The number of pyridine rings is 1. The van der Waals surface area contributed by atoms with E-state index in [1.54, 1.807) is 25.4 Å². The van der Waals surface area contributed by atoms with Crippen LogP contribution in [0.25, 0.3) is 0 Å². The highest BCUT2D eigenvalue weighted by molar-refractivity contribution is 8.00. The Hall–Kier alpha value is -1.76. The number of aromatic nitrogens is 1. The third kappa shape index (κ3) is 6.42. The Morgan fingerprint density at radius 2 is 2.30 bits per heavy atom. The summed E-state index contributed by atoms with van der Waals surface area (Å²) in [5, 5.41) is 2.75. The molecule has 110 valence electrons. The fraction of sp³-hybridized carbons (Fsp3) is 0.462. The number of esters is 1. The summed E-state index contributed by atoms with van der Waals surface area (Å²) in [5.41, 5.74) is 6.29. The number of nitrogens with one attached hydrogen (secondary N) is 1. The molecular weight excluding hydrogens is 278 g/mol. The molecule has 0 unspecified atom stereocenters. The van der Waals surface area contributed by atoms with E-state index in [9.17, 15) is 9.59 Å². The summed E-state index contributed by atoms with van der Waals surface area (Å²) >= 11 is 1.36. The molecule has 0 aliphatic rings. The van der Waals surface area contributed by atoms with Crippen molar-refractivity contribution in [3.05, 3.63) is 18.5 Å². The van der Waals surface area contributed by atoms with Crippen molar-refractivity contribution in [2.45, 2.75) is 24.7 Å². The molecule has 0 aliphatic carbocycles. The zero-order valence-electron chi connectivity index (χ0n) is 11.4. The first-order valence-electron chi connectivity index (χ1n) is 6.38. The Labute approximate surface area is 122 Å². The summed E-state index contributed by atoms with van der Waals surface area (Å²) < 4.78 is 4.79. The molecule has 0 bridgehead atoms. The molecule has 1 amide bonds. The minimum atomic E-state index is -0.235. The second-order valence-corrected chi connectivity index (χ2v) is 4.98. The van der Waals surface area contributed by atoms with Crippen molar-refractivity contribution < 1.29 is 14.3 Å². The number of hydrogen-bond donors (Lipinski definition) is 2. The topological polar surface area (TPSA) is 94.3 Å². The van der Waals surface area contributed by atoms with Gasteiger partial charge in [-0.05, 0) is 19.4 Å². The molecule has 0 atom stereocenters. The molecule has 1 aromatic rings. The van der Waals surface area contributed by atoms with Crippen molar-refractivity contribution in [2.24, 2.45) is 0 Å². The molecule has 0 fully saturated rings. The zero-order valence-corrected chi connectivity index (χ0v) is 12.2. The molecule has 20 heavy (non-hydrogen) atoms. The van der Waals surface area contributed by atoms with Gasteiger partial charge in [-0.15, -0.1) is 11.8 Å². The van der Waals surface area contributed by atoms with E-state index in [-0.39, 0.29) is 17.6 Å². The van der Waals surface area contributed by atoms with Crippen LogP contribution in [0.3, 0.4) is 0 Å². The number of carbonyl (C=O) groups is 2. The standard InChI is InChI=1S/C13H19N3O3S/c1-2-19-13(18)4-3-6-16-12(17)9-20-11-5-7-15-8-10(11)14/h5,7-8H,2-4,6,9,14H2,1H3,(H,16,17). The number of carbonyl (C=O) groups excluding carboxylic acids is 2. The van der Waals surface area contributed by atoms with Crippen molar-refractivity contribution in [3.63, 3.8) is 0 Å². The SMILES string of the molecule is CCOC(=O)CCCNC(=O)CSc1ccncc1N. The van der Waals surface area contributed by atoms with E-state index in [1.807, 2.05) is 0 Å². The first-order chi connectivity index (χ1) is 9.63. The number of anilines is 1. The summed E-state index contributed by atoms with van der Waals surface area (Å²) in [4.78, 5) is 27.4. The maximum absolute atomic E-state index is 11.6. The lowest BCUT2D eigenvalue weighted by molar-refractivity contribution is -0.143. The van der Waals surface area contributed by atoms with Gasteiger partial charge in [0.25, 0.3) is 0 Å². The number of ether oxygens (including phenoxy) is 1. The number of nitrogen functional groups attached to an aromatic ring is 1. The average molecular weight is 297 g/mol. The number of nitrogens with two attached hydrogens (primary N) is 1. The number of amides is 1. The number of rotatable bonds is 8. The second-order valence-electron chi connectivity index (χ2n) is 3.96. The Morgan fingerprint density at radius 3 is 3.00 bits per heavy atom. The van der Waals surface area contributed by atoms with Crippen LogP contribution in [0.1, 0.15) is 19.8 Å². The Balaban J connectivity index is 2.15. The Bertz CT molecular complexity index is 454. The molecular formula is C13H19N3O3S. The van der Waals surface area contributed by atoms with E-state index in [0.29, 0.717) is 31.7 Å². The zero-order chi connectivity index (χ0) is 14.8. The quantitative estimate of drug-likeness (QED) is 0.425. The van der Waals surface area contributed by atoms with Gasteiger partial charge in [0.15, 0.2) is 0 Å². The minimum Gasteiger partial charge on any atom is -0.466 e. The van der Waals surface area contributed by atoms with Gasteiger partial charge in [-0.1, -0.05) is 0 Å². The van der Waals surface area contributed by atoms with Crippen LogP contribution in [0.4, 0.5) is 5.69 Å². The van der Waals surface area contributed by atoms with Crippen molar-refractivity contribution in [3.8, 4) is 0 Å². The van der Waals surface area contributed by atoms with Crippen LogP contribution in [0.5, 0.6) is 0 Å². The molecule has 0 radical (unpaired) electrons. The third-order valence-corrected chi connectivity index (χ3v) is 3.44. The molecule has 6 nitrogen and oxygen atoms in total. The Morgan fingerprint density at radius 1 is 1.50 bits per heavy atom. The molecule has 0 aromatic carbocycles. The molecule has 0 aliphatic heterocycles. The molecule has 0 spiro atoms. The van der Waals surface area contributed by atoms with E-state index in [1.165, 1.54) is 11.8 Å². The van der Waals surface area contributed by atoms with Crippen molar-refractivity contribution >= 4 is 29.3 Å². The van der Waals surface area contributed by atoms with Gasteiger partial charge < -0.3 is 15.8 Å². The summed E-state index contributed by atoms with van der Waals surface area (Å²) in [6, 6.07) is 1.77. The summed E-state index contributed by atoms with van der Waals surface area (Å²) in [6.07, 6.45) is 4.08. The van der Waals surface area contributed by atoms with Crippen LogP contribution >= 0.6 is 11.8 Å². The van der Waals surface area contributed by atoms with E-state index in [2.05, 4.69) is 10.3 Å². The molecule has 0 saturated heterocycles. The van der Waals surface area contributed by atoms with Gasteiger partial charge in [-0.25, -0.2) is 0 Å².